The maximum Gasteiger partial charge on any atom is 0.0699 e. The molecule has 0 radical (unpaired) electrons. The monoisotopic (exact) mass is 234 g/mol. The second-order valence-corrected chi connectivity index (χ2v) is 4.68. The first-order chi connectivity index (χ1) is 8.34. The van der Waals surface area contributed by atoms with Gasteiger partial charge in [-0.25, -0.2) is 0 Å². The van der Waals surface area contributed by atoms with E-state index in [1.807, 2.05) is 12.1 Å². The lowest BCUT2D eigenvalue weighted by Gasteiger charge is -2.22. The maximum absolute atomic E-state index is 5.67. The summed E-state index contributed by atoms with van der Waals surface area (Å²) in [6.45, 7) is 2.92. The molecule has 0 aromatic heterocycles. The van der Waals surface area contributed by atoms with Crippen molar-refractivity contribution in [2.75, 3.05) is 25.4 Å². The highest BCUT2D eigenvalue weighted by Gasteiger charge is 2.12. The molecule has 0 amide bonds. The lowest BCUT2D eigenvalue weighted by molar-refractivity contribution is 0.0171. The van der Waals surface area contributed by atoms with E-state index in [4.69, 9.17) is 10.5 Å². The fourth-order valence-electron chi connectivity index (χ4n) is 2.15. The molecule has 1 aromatic carbocycles. The van der Waals surface area contributed by atoms with Gasteiger partial charge in [0.25, 0.3) is 0 Å². The van der Waals surface area contributed by atoms with Crippen LogP contribution in [0.4, 0.5) is 5.69 Å². The van der Waals surface area contributed by atoms with Gasteiger partial charge in [-0.2, -0.15) is 0 Å². The molecular weight excluding hydrogens is 212 g/mol. The molecule has 1 atom stereocenters. The van der Waals surface area contributed by atoms with E-state index in [2.05, 4.69) is 17.4 Å². The molecule has 0 spiro atoms. The SMILES string of the molecule is Nc1ccc(CCNCC2CCCCO2)cc1. The molecule has 17 heavy (non-hydrogen) atoms. The first-order valence-corrected chi connectivity index (χ1v) is 6.51. The van der Waals surface area contributed by atoms with Crippen LogP contribution in [0.3, 0.4) is 0 Å². The number of ether oxygens (including phenoxy) is 1. The van der Waals surface area contributed by atoms with E-state index in [-0.39, 0.29) is 0 Å². The predicted molar refractivity (Wildman–Crippen MR) is 71.0 cm³/mol. The van der Waals surface area contributed by atoms with E-state index in [0.29, 0.717) is 6.10 Å². The number of nitrogens with two attached hydrogens (primary N) is 1. The Kier molecular flexibility index (Phi) is 4.83. The van der Waals surface area contributed by atoms with Crippen molar-refractivity contribution in [2.45, 2.75) is 31.8 Å². The molecule has 0 saturated carbocycles. The third-order valence-corrected chi connectivity index (χ3v) is 3.22. The van der Waals surface area contributed by atoms with Crippen molar-refractivity contribution >= 4 is 5.69 Å². The Labute approximate surface area is 103 Å². The maximum atomic E-state index is 5.67. The Bertz CT molecular complexity index is 317. The highest BCUT2D eigenvalue weighted by molar-refractivity contribution is 5.39. The van der Waals surface area contributed by atoms with Gasteiger partial charge in [0.1, 0.15) is 0 Å². The average molecular weight is 234 g/mol. The Morgan fingerprint density at radius 3 is 2.76 bits per heavy atom. The molecule has 1 fully saturated rings. The predicted octanol–water partition coefficient (Wildman–Crippen LogP) is 1.97. The zero-order valence-electron chi connectivity index (χ0n) is 10.3. The van der Waals surface area contributed by atoms with Gasteiger partial charge in [0, 0.05) is 18.8 Å². The normalized spacial score (nSPS) is 20.4. The van der Waals surface area contributed by atoms with Gasteiger partial charge < -0.3 is 15.8 Å². The van der Waals surface area contributed by atoms with E-state index >= 15 is 0 Å². The second-order valence-electron chi connectivity index (χ2n) is 4.68. The summed E-state index contributed by atoms with van der Waals surface area (Å²) in [6.07, 6.45) is 5.21. The molecule has 1 aliphatic heterocycles. The quantitative estimate of drug-likeness (QED) is 0.605. The van der Waals surface area contributed by atoms with Crippen LogP contribution in [0.1, 0.15) is 24.8 Å². The molecule has 3 N–H and O–H groups in total. The summed E-state index contributed by atoms with van der Waals surface area (Å²) in [5, 5.41) is 3.46. The molecule has 1 saturated heterocycles. The summed E-state index contributed by atoms with van der Waals surface area (Å²) in [6, 6.07) is 8.10. The number of nitrogen functional groups attached to an aromatic ring is 1. The van der Waals surface area contributed by atoms with Gasteiger partial charge in [-0.3, -0.25) is 0 Å². The minimum atomic E-state index is 0.426. The topological polar surface area (TPSA) is 47.3 Å². The Morgan fingerprint density at radius 1 is 1.24 bits per heavy atom. The molecule has 1 heterocycles. The Morgan fingerprint density at radius 2 is 2.06 bits per heavy atom. The third-order valence-electron chi connectivity index (χ3n) is 3.22. The van der Waals surface area contributed by atoms with E-state index in [1.54, 1.807) is 0 Å². The molecule has 2 rings (SSSR count). The summed E-state index contributed by atoms with van der Waals surface area (Å²) in [5.74, 6) is 0. The fraction of sp³-hybridized carbons (Fsp3) is 0.571. The third kappa shape index (κ3) is 4.36. The average Bonchev–Trinajstić information content (AvgIpc) is 2.38. The molecule has 94 valence electrons. The van der Waals surface area contributed by atoms with Crippen molar-refractivity contribution in [2.24, 2.45) is 0 Å². The van der Waals surface area contributed by atoms with E-state index in [1.165, 1.54) is 24.8 Å². The van der Waals surface area contributed by atoms with Crippen molar-refractivity contribution in [1.82, 2.24) is 5.32 Å². The molecule has 1 unspecified atom stereocenters. The molecule has 1 aromatic rings. The van der Waals surface area contributed by atoms with Crippen molar-refractivity contribution in [1.29, 1.82) is 0 Å². The second kappa shape index (κ2) is 6.62. The summed E-state index contributed by atoms with van der Waals surface area (Å²) in [5.41, 5.74) is 7.81. The van der Waals surface area contributed by atoms with Crippen LogP contribution in [0.5, 0.6) is 0 Å². The highest BCUT2D eigenvalue weighted by Crippen LogP contribution is 2.11. The van der Waals surface area contributed by atoms with Crippen LogP contribution >= 0.6 is 0 Å². The van der Waals surface area contributed by atoms with E-state index in [9.17, 15) is 0 Å². The van der Waals surface area contributed by atoms with Crippen LogP contribution in [0, 0.1) is 0 Å². The number of anilines is 1. The van der Waals surface area contributed by atoms with Crippen LogP contribution in [0.2, 0.25) is 0 Å². The van der Waals surface area contributed by atoms with Crippen molar-refractivity contribution < 1.29 is 4.74 Å². The number of benzene rings is 1. The van der Waals surface area contributed by atoms with E-state index in [0.717, 1.165) is 31.8 Å². The molecule has 1 aliphatic rings. The standard InChI is InChI=1S/C14H22N2O/c15-13-6-4-12(5-7-13)8-9-16-11-14-3-1-2-10-17-14/h4-7,14,16H,1-3,8-11,15H2. The summed E-state index contributed by atoms with van der Waals surface area (Å²) >= 11 is 0. The van der Waals surface area contributed by atoms with Gasteiger partial charge in [-0.1, -0.05) is 12.1 Å². The minimum Gasteiger partial charge on any atom is -0.399 e. The van der Waals surface area contributed by atoms with Gasteiger partial charge in [-0.15, -0.1) is 0 Å². The van der Waals surface area contributed by atoms with E-state index < -0.39 is 0 Å². The zero-order valence-corrected chi connectivity index (χ0v) is 10.3. The molecule has 0 aliphatic carbocycles. The zero-order chi connectivity index (χ0) is 11.9. The molecule has 3 heteroatoms. The largest absolute Gasteiger partial charge is 0.399 e. The molecular formula is C14H22N2O. The van der Waals surface area contributed by atoms with Crippen molar-refractivity contribution in [3.63, 3.8) is 0 Å². The molecule has 0 bridgehead atoms. The lowest BCUT2D eigenvalue weighted by Crippen LogP contribution is -2.32. The number of hydrogen-bond donors (Lipinski definition) is 2. The number of nitrogens with one attached hydrogen (secondary N) is 1. The highest BCUT2D eigenvalue weighted by atomic mass is 16.5. The van der Waals surface area contributed by atoms with Gasteiger partial charge in [0.15, 0.2) is 0 Å². The van der Waals surface area contributed by atoms with Crippen LogP contribution in [0.25, 0.3) is 0 Å². The van der Waals surface area contributed by atoms with Crippen LogP contribution in [-0.2, 0) is 11.2 Å². The van der Waals surface area contributed by atoms with Crippen molar-refractivity contribution in [3.05, 3.63) is 29.8 Å². The lowest BCUT2D eigenvalue weighted by atomic mass is 10.1. The van der Waals surface area contributed by atoms with Gasteiger partial charge >= 0.3 is 0 Å². The fourth-order valence-corrected chi connectivity index (χ4v) is 2.15. The van der Waals surface area contributed by atoms with Crippen LogP contribution in [0.15, 0.2) is 24.3 Å². The Hall–Kier alpha value is -1.06. The molecule has 3 nitrogen and oxygen atoms in total. The first kappa shape index (κ1) is 12.4. The number of rotatable bonds is 5. The van der Waals surface area contributed by atoms with Crippen LogP contribution in [-0.4, -0.2) is 25.8 Å². The summed E-state index contributed by atoms with van der Waals surface area (Å²) in [4.78, 5) is 0. The number of hydrogen-bond acceptors (Lipinski definition) is 3. The van der Waals surface area contributed by atoms with Gasteiger partial charge in [0.2, 0.25) is 0 Å². The minimum absolute atomic E-state index is 0.426. The smallest absolute Gasteiger partial charge is 0.0699 e. The Balaban J connectivity index is 1.60. The summed E-state index contributed by atoms with van der Waals surface area (Å²) in [7, 11) is 0. The van der Waals surface area contributed by atoms with Crippen molar-refractivity contribution in [3.8, 4) is 0 Å². The van der Waals surface area contributed by atoms with Gasteiger partial charge in [-0.05, 0) is 49.9 Å². The first-order valence-electron chi connectivity index (χ1n) is 6.51. The van der Waals surface area contributed by atoms with Gasteiger partial charge in [0.05, 0.1) is 6.10 Å². The summed E-state index contributed by atoms with van der Waals surface area (Å²) < 4.78 is 5.67. The van der Waals surface area contributed by atoms with Crippen LogP contribution < -0.4 is 11.1 Å².